The average Bonchev–Trinajstić information content (AvgIpc) is 2.87. The van der Waals surface area contributed by atoms with Gasteiger partial charge in [0, 0.05) is 48.9 Å². The molecule has 128 valence electrons. The van der Waals surface area contributed by atoms with E-state index < -0.39 is 0 Å². The normalized spacial score (nSPS) is 15.6. The van der Waals surface area contributed by atoms with Crippen molar-refractivity contribution in [2.75, 3.05) is 43.4 Å². The van der Waals surface area contributed by atoms with Crippen molar-refractivity contribution in [2.45, 2.75) is 0 Å². The standard InChI is InChI=1S/C17H20BrClN4O/c1-21-5-7-23(8-6-21)15-4-3-13(19)10-14(15)20-17(24)16-9-12(18)11-22(16)2/h3-4,9-11H,5-8H2,1-2H3,(H,20,24). The van der Waals surface area contributed by atoms with Gasteiger partial charge in [0.05, 0.1) is 11.4 Å². The van der Waals surface area contributed by atoms with E-state index in [1.54, 1.807) is 10.6 Å². The van der Waals surface area contributed by atoms with Crippen molar-refractivity contribution in [1.82, 2.24) is 9.47 Å². The Morgan fingerprint density at radius 1 is 1.17 bits per heavy atom. The SMILES string of the molecule is CN1CCN(c2ccc(Cl)cc2NC(=O)c2cc(Br)cn2C)CC1. The molecule has 2 aromatic rings. The fraction of sp³-hybridized carbons (Fsp3) is 0.353. The summed E-state index contributed by atoms with van der Waals surface area (Å²) in [6.45, 7) is 3.86. The van der Waals surface area contributed by atoms with Crippen LogP contribution in [0.5, 0.6) is 0 Å². The second-order valence-corrected chi connectivity index (χ2v) is 7.41. The molecule has 1 saturated heterocycles. The van der Waals surface area contributed by atoms with Gasteiger partial charge in [-0.1, -0.05) is 11.6 Å². The number of carbonyl (C=O) groups is 1. The van der Waals surface area contributed by atoms with Gasteiger partial charge in [0.15, 0.2) is 0 Å². The number of piperazine rings is 1. The fourth-order valence-electron chi connectivity index (χ4n) is 2.87. The second-order valence-electron chi connectivity index (χ2n) is 6.06. The predicted octanol–water partition coefficient (Wildman–Crippen LogP) is 3.45. The maximum atomic E-state index is 12.6. The van der Waals surface area contributed by atoms with Crippen molar-refractivity contribution < 1.29 is 4.79 Å². The lowest BCUT2D eigenvalue weighted by molar-refractivity contribution is 0.101. The van der Waals surface area contributed by atoms with Crippen molar-refractivity contribution in [3.8, 4) is 0 Å². The van der Waals surface area contributed by atoms with E-state index in [4.69, 9.17) is 11.6 Å². The molecule has 7 heteroatoms. The quantitative estimate of drug-likeness (QED) is 0.841. The van der Waals surface area contributed by atoms with E-state index in [0.29, 0.717) is 10.7 Å². The van der Waals surface area contributed by atoms with Crippen molar-refractivity contribution in [3.05, 3.63) is 45.7 Å². The van der Waals surface area contributed by atoms with Crippen LogP contribution >= 0.6 is 27.5 Å². The van der Waals surface area contributed by atoms with Gasteiger partial charge < -0.3 is 19.7 Å². The third-order valence-electron chi connectivity index (χ3n) is 4.25. The molecule has 1 aromatic carbocycles. The van der Waals surface area contributed by atoms with Crippen LogP contribution < -0.4 is 10.2 Å². The van der Waals surface area contributed by atoms with Crippen molar-refractivity contribution in [1.29, 1.82) is 0 Å². The van der Waals surface area contributed by atoms with Crippen molar-refractivity contribution in [2.24, 2.45) is 7.05 Å². The Hall–Kier alpha value is -1.50. The molecule has 0 spiro atoms. The highest BCUT2D eigenvalue weighted by Gasteiger charge is 2.19. The molecule has 24 heavy (non-hydrogen) atoms. The van der Waals surface area contributed by atoms with Crippen LogP contribution in [0.3, 0.4) is 0 Å². The number of amides is 1. The summed E-state index contributed by atoms with van der Waals surface area (Å²) < 4.78 is 2.67. The minimum atomic E-state index is -0.152. The number of hydrogen-bond acceptors (Lipinski definition) is 3. The van der Waals surface area contributed by atoms with E-state index in [1.165, 1.54) is 0 Å². The number of aromatic nitrogens is 1. The summed E-state index contributed by atoms with van der Waals surface area (Å²) in [7, 11) is 3.97. The first kappa shape index (κ1) is 17.3. The number of aryl methyl sites for hydroxylation is 1. The zero-order valence-electron chi connectivity index (χ0n) is 13.7. The maximum absolute atomic E-state index is 12.6. The number of hydrogen-bond donors (Lipinski definition) is 1. The lowest BCUT2D eigenvalue weighted by Crippen LogP contribution is -2.44. The minimum absolute atomic E-state index is 0.152. The molecular weight excluding hydrogens is 392 g/mol. The first-order valence-electron chi connectivity index (χ1n) is 7.80. The number of nitrogens with one attached hydrogen (secondary N) is 1. The monoisotopic (exact) mass is 410 g/mol. The van der Waals surface area contributed by atoms with E-state index in [2.05, 4.69) is 38.1 Å². The second kappa shape index (κ2) is 7.17. The largest absolute Gasteiger partial charge is 0.367 e. The Morgan fingerprint density at radius 3 is 2.50 bits per heavy atom. The van der Waals surface area contributed by atoms with Crippen LogP contribution in [0.15, 0.2) is 34.9 Å². The van der Waals surface area contributed by atoms with Gasteiger partial charge in [0.25, 0.3) is 5.91 Å². The number of anilines is 2. The Kier molecular flexibility index (Phi) is 5.18. The van der Waals surface area contributed by atoms with Crippen LogP contribution in [0.1, 0.15) is 10.5 Å². The average molecular weight is 412 g/mol. The Bertz CT molecular complexity index is 753. The number of benzene rings is 1. The Labute approximate surface area is 155 Å². The van der Waals surface area contributed by atoms with Gasteiger partial charge in [-0.15, -0.1) is 0 Å². The first-order valence-corrected chi connectivity index (χ1v) is 8.97. The van der Waals surface area contributed by atoms with Crippen molar-refractivity contribution in [3.63, 3.8) is 0 Å². The number of nitrogens with zero attached hydrogens (tertiary/aromatic N) is 3. The van der Waals surface area contributed by atoms with Gasteiger partial charge in [-0.05, 0) is 47.2 Å². The summed E-state index contributed by atoms with van der Waals surface area (Å²) >= 11 is 9.55. The van der Waals surface area contributed by atoms with Crippen LogP contribution in [-0.4, -0.2) is 48.6 Å². The minimum Gasteiger partial charge on any atom is -0.367 e. The Morgan fingerprint density at radius 2 is 1.88 bits per heavy atom. The molecule has 0 aliphatic carbocycles. The molecule has 0 bridgehead atoms. The molecule has 1 aromatic heterocycles. The molecule has 1 amide bonds. The van der Waals surface area contributed by atoms with E-state index in [-0.39, 0.29) is 5.91 Å². The van der Waals surface area contributed by atoms with E-state index in [0.717, 1.165) is 42.0 Å². The number of rotatable bonds is 3. The summed E-state index contributed by atoms with van der Waals surface area (Å²) in [5.74, 6) is -0.152. The lowest BCUT2D eigenvalue weighted by Gasteiger charge is -2.35. The third kappa shape index (κ3) is 3.77. The number of halogens is 2. The van der Waals surface area contributed by atoms with Crippen molar-refractivity contribution >= 4 is 44.8 Å². The molecule has 3 rings (SSSR count). The molecule has 1 N–H and O–H groups in total. The van der Waals surface area contributed by atoms with Gasteiger partial charge in [-0.25, -0.2) is 0 Å². The van der Waals surface area contributed by atoms with Crippen LogP contribution in [0.4, 0.5) is 11.4 Å². The van der Waals surface area contributed by atoms with Gasteiger partial charge in [0.1, 0.15) is 5.69 Å². The van der Waals surface area contributed by atoms with Crippen LogP contribution in [0.2, 0.25) is 5.02 Å². The van der Waals surface area contributed by atoms with Crippen LogP contribution in [0, 0.1) is 0 Å². The summed E-state index contributed by atoms with van der Waals surface area (Å²) in [5.41, 5.74) is 2.34. The zero-order chi connectivity index (χ0) is 17.3. The van der Waals surface area contributed by atoms with Gasteiger partial charge >= 0.3 is 0 Å². The number of likely N-dealkylation sites (N-methyl/N-ethyl adjacent to an activating group) is 1. The third-order valence-corrected chi connectivity index (χ3v) is 4.92. The molecule has 0 radical (unpaired) electrons. The first-order chi connectivity index (χ1) is 11.4. The molecule has 1 fully saturated rings. The molecule has 5 nitrogen and oxygen atoms in total. The zero-order valence-corrected chi connectivity index (χ0v) is 16.1. The molecular formula is C17H20BrClN4O. The van der Waals surface area contributed by atoms with E-state index >= 15 is 0 Å². The van der Waals surface area contributed by atoms with Gasteiger partial charge in [-0.2, -0.15) is 0 Å². The van der Waals surface area contributed by atoms with Gasteiger partial charge in [0.2, 0.25) is 0 Å². The fourth-order valence-corrected chi connectivity index (χ4v) is 3.56. The van der Waals surface area contributed by atoms with Crippen LogP contribution in [0.25, 0.3) is 0 Å². The summed E-state index contributed by atoms with van der Waals surface area (Å²) in [5, 5.41) is 3.62. The van der Waals surface area contributed by atoms with Gasteiger partial charge in [-0.3, -0.25) is 4.79 Å². The lowest BCUT2D eigenvalue weighted by atomic mass is 10.2. The summed E-state index contributed by atoms with van der Waals surface area (Å²) in [6, 6.07) is 7.45. The van der Waals surface area contributed by atoms with E-state index in [1.807, 2.05) is 31.4 Å². The smallest absolute Gasteiger partial charge is 0.272 e. The molecule has 1 aliphatic heterocycles. The number of carbonyl (C=O) groups excluding carboxylic acids is 1. The highest BCUT2D eigenvalue weighted by Crippen LogP contribution is 2.30. The highest BCUT2D eigenvalue weighted by molar-refractivity contribution is 9.10. The summed E-state index contributed by atoms with van der Waals surface area (Å²) in [4.78, 5) is 17.2. The Balaban J connectivity index is 1.85. The molecule has 2 heterocycles. The molecule has 0 saturated carbocycles. The molecule has 0 atom stereocenters. The van der Waals surface area contributed by atoms with E-state index in [9.17, 15) is 4.79 Å². The van der Waals surface area contributed by atoms with Crippen LogP contribution in [-0.2, 0) is 7.05 Å². The molecule has 1 aliphatic rings. The predicted molar refractivity (Wildman–Crippen MR) is 102 cm³/mol. The highest BCUT2D eigenvalue weighted by atomic mass is 79.9. The molecule has 0 unspecified atom stereocenters. The maximum Gasteiger partial charge on any atom is 0.272 e. The topological polar surface area (TPSA) is 40.5 Å². The summed E-state index contributed by atoms with van der Waals surface area (Å²) in [6.07, 6.45) is 1.86.